The molecule has 0 aromatic heterocycles. The highest BCUT2D eigenvalue weighted by molar-refractivity contribution is 7.97. The summed E-state index contributed by atoms with van der Waals surface area (Å²) in [6.07, 6.45) is 2.01. The summed E-state index contributed by atoms with van der Waals surface area (Å²) in [7, 11) is 1.60. The molecular weight excluding hydrogens is 379 g/mol. The average Bonchev–Trinajstić information content (AvgIpc) is 2.58. The SMILES string of the molecule is CSCc1cccc(C(=O)N(C)CC(=O)Nc2ccc(Cl)c(Cl)c2)c1. The molecule has 0 saturated heterocycles. The van der Waals surface area contributed by atoms with Crippen LogP contribution in [-0.4, -0.2) is 36.6 Å². The lowest BCUT2D eigenvalue weighted by Crippen LogP contribution is -2.35. The molecule has 0 saturated carbocycles. The second-order valence-corrected chi connectivity index (χ2v) is 7.15. The molecular formula is C18H18Cl2N2O2S. The molecule has 2 aromatic rings. The van der Waals surface area contributed by atoms with Crippen molar-refractivity contribution in [2.45, 2.75) is 5.75 Å². The predicted octanol–water partition coefficient (Wildman–Crippen LogP) is 4.57. The number of carbonyl (C=O) groups is 2. The van der Waals surface area contributed by atoms with Gasteiger partial charge in [-0.05, 0) is 42.2 Å². The lowest BCUT2D eigenvalue weighted by atomic mass is 10.1. The molecule has 2 aromatic carbocycles. The molecule has 0 aliphatic heterocycles. The van der Waals surface area contributed by atoms with Crippen LogP contribution in [0, 0.1) is 0 Å². The van der Waals surface area contributed by atoms with Crippen molar-refractivity contribution in [1.82, 2.24) is 4.90 Å². The summed E-state index contributed by atoms with van der Waals surface area (Å²) in [6, 6.07) is 12.2. The molecule has 132 valence electrons. The highest BCUT2D eigenvalue weighted by Crippen LogP contribution is 2.25. The van der Waals surface area contributed by atoms with Gasteiger partial charge < -0.3 is 10.2 Å². The molecule has 2 rings (SSSR count). The molecule has 0 heterocycles. The van der Waals surface area contributed by atoms with E-state index in [-0.39, 0.29) is 18.4 Å². The maximum atomic E-state index is 12.5. The number of likely N-dealkylation sites (N-methyl/N-ethyl adjacent to an activating group) is 1. The van der Waals surface area contributed by atoms with Gasteiger partial charge in [0.1, 0.15) is 0 Å². The summed E-state index contributed by atoms with van der Waals surface area (Å²) in [5.74, 6) is 0.324. The van der Waals surface area contributed by atoms with Crippen LogP contribution in [0.15, 0.2) is 42.5 Å². The Hall–Kier alpha value is -1.69. The number of halogens is 2. The minimum absolute atomic E-state index is 0.0637. The Kier molecular flexibility index (Phi) is 7.17. The molecule has 0 atom stereocenters. The number of hydrogen-bond acceptors (Lipinski definition) is 3. The topological polar surface area (TPSA) is 49.4 Å². The third-order valence-corrected chi connectivity index (χ3v) is 4.78. The van der Waals surface area contributed by atoms with E-state index in [4.69, 9.17) is 23.2 Å². The monoisotopic (exact) mass is 396 g/mol. The van der Waals surface area contributed by atoms with Crippen molar-refractivity contribution in [1.29, 1.82) is 0 Å². The van der Waals surface area contributed by atoms with Crippen LogP contribution in [0.4, 0.5) is 5.69 Å². The van der Waals surface area contributed by atoms with Gasteiger partial charge in [-0.3, -0.25) is 9.59 Å². The number of rotatable bonds is 6. The van der Waals surface area contributed by atoms with Gasteiger partial charge >= 0.3 is 0 Å². The molecule has 0 radical (unpaired) electrons. The number of amides is 2. The minimum atomic E-state index is -0.311. The van der Waals surface area contributed by atoms with E-state index >= 15 is 0 Å². The van der Waals surface area contributed by atoms with Crippen molar-refractivity contribution < 1.29 is 9.59 Å². The Labute approximate surface area is 161 Å². The number of hydrogen-bond donors (Lipinski definition) is 1. The van der Waals surface area contributed by atoms with Gasteiger partial charge in [-0.1, -0.05) is 35.3 Å². The van der Waals surface area contributed by atoms with Crippen LogP contribution in [0.3, 0.4) is 0 Å². The zero-order chi connectivity index (χ0) is 18.4. The van der Waals surface area contributed by atoms with Gasteiger partial charge in [0.05, 0.1) is 16.6 Å². The molecule has 0 unspecified atom stereocenters. The first-order valence-corrected chi connectivity index (χ1v) is 9.64. The zero-order valence-electron chi connectivity index (χ0n) is 13.9. The van der Waals surface area contributed by atoms with Crippen LogP contribution in [-0.2, 0) is 10.5 Å². The van der Waals surface area contributed by atoms with E-state index in [0.717, 1.165) is 11.3 Å². The summed E-state index contributed by atoms with van der Waals surface area (Å²) in [6.45, 7) is -0.0637. The Morgan fingerprint density at radius 2 is 1.88 bits per heavy atom. The molecule has 0 spiro atoms. The molecule has 0 aliphatic carbocycles. The Balaban J connectivity index is 1.99. The molecule has 0 bridgehead atoms. The van der Waals surface area contributed by atoms with Crippen LogP contribution >= 0.6 is 35.0 Å². The first-order valence-electron chi connectivity index (χ1n) is 7.49. The fraction of sp³-hybridized carbons (Fsp3) is 0.222. The Morgan fingerprint density at radius 3 is 2.56 bits per heavy atom. The Bertz CT molecular complexity index is 783. The average molecular weight is 397 g/mol. The van der Waals surface area contributed by atoms with Crippen molar-refractivity contribution in [3.8, 4) is 0 Å². The molecule has 0 aliphatic rings. The molecule has 0 fully saturated rings. The summed E-state index contributed by atoms with van der Waals surface area (Å²) in [4.78, 5) is 26.0. The molecule has 25 heavy (non-hydrogen) atoms. The lowest BCUT2D eigenvalue weighted by molar-refractivity contribution is -0.116. The first-order chi connectivity index (χ1) is 11.9. The minimum Gasteiger partial charge on any atom is -0.332 e. The predicted molar refractivity (Wildman–Crippen MR) is 106 cm³/mol. The second kappa shape index (κ2) is 9.13. The summed E-state index contributed by atoms with van der Waals surface area (Å²) >= 11 is 13.5. The fourth-order valence-electron chi connectivity index (χ4n) is 2.24. The van der Waals surface area contributed by atoms with E-state index in [1.54, 1.807) is 43.1 Å². The third-order valence-electron chi connectivity index (χ3n) is 3.42. The smallest absolute Gasteiger partial charge is 0.254 e. The standard InChI is InChI=1S/C18H18Cl2N2O2S/c1-22(18(24)13-5-3-4-12(8-13)11-25-2)10-17(23)21-14-6-7-15(19)16(20)9-14/h3-9H,10-11H2,1-2H3,(H,21,23). The van der Waals surface area contributed by atoms with Crippen molar-refractivity contribution in [2.75, 3.05) is 25.2 Å². The highest BCUT2D eigenvalue weighted by Gasteiger charge is 2.15. The maximum Gasteiger partial charge on any atom is 0.254 e. The third kappa shape index (κ3) is 5.66. The van der Waals surface area contributed by atoms with E-state index in [2.05, 4.69) is 5.32 Å². The molecule has 7 heteroatoms. The zero-order valence-corrected chi connectivity index (χ0v) is 16.2. The van der Waals surface area contributed by atoms with E-state index in [1.807, 2.05) is 24.5 Å². The van der Waals surface area contributed by atoms with Gasteiger partial charge in [0.15, 0.2) is 0 Å². The number of anilines is 1. The summed E-state index contributed by atoms with van der Waals surface area (Å²) < 4.78 is 0. The van der Waals surface area contributed by atoms with Gasteiger partial charge in [-0.25, -0.2) is 0 Å². The van der Waals surface area contributed by atoms with E-state index in [0.29, 0.717) is 21.3 Å². The van der Waals surface area contributed by atoms with Crippen LogP contribution in [0.25, 0.3) is 0 Å². The summed E-state index contributed by atoms with van der Waals surface area (Å²) in [5, 5.41) is 3.47. The van der Waals surface area contributed by atoms with Crippen molar-refractivity contribution >= 4 is 52.5 Å². The highest BCUT2D eigenvalue weighted by atomic mass is 35.5. The van der Waals surface area contributed by atoms with E-state index in [1.165, 1.54) is 4.90 Å². The maximum absolute atomic E-state index is 12.5. The molecule has 1 N–H and O–H groups in total. The number of benzene rings is 2. The van der Waals surface area contributed by atoms with Crippen molar-refractivity contribution in [2.24, 2.45) is 0 Å². The number of thioether (sulfide) groups is 1. The largest absolute Gasteiger partial charge is 0.332 e. The van der Waals surface area contributed by atoms with Crippen LogP contribution in [0.5, 0.6) is 0 Å². The first kappa shape index (κ1) is 19.6. The summed E-state index contributed by atoms with van der Waals surface area (Å²) in [5.41, 5.74) is 2.17. The van der Waals surface area contributed by atoms with Crippen molar-refractivity contribution in [3.63, 3.8) is 0 Å². The number of nitrogens with zero attached hydrogens (tertiary/aromatic N) is 1. The van der Waals surface area contributed by atoms with Crippen molar-refractivity contribution in [3.05, 3.63) is 63.6 Å². The van der Waals surface area contributed by atoms with Crippen LogP contribution in [0.2, 0.25) is 10.0 Å². The Morgan fingerprint density at radius 1 is 1.12 bits per heavy atom. The fourth-order valence-corrected chi connectivity index (χ4v) is 3.05. The van der Waals surface area contributed by atoms with Gasteiger partial charge in [-0.15, -0.1) is 0 Å². The number of nitrogens with one attached hydrogen (secondary N) is 1. The van der Waals surface area contributed by atoms with E-state index in [9.17, 15) is 9.59 Å². The normalized spacial score (nSPS) is 10.4. The van der Waals surface area contributed by atoms with Gasteiger partial charge in [0.25, 0.3) is 5.91 Å². The van der Waals surface area contributed by atoms with Gasteiger partial charge in [0, 0.05) is 24.1 Å². The van der Waals surface area contributed by atoms with E-state index < -0.39 is 0 Å². The second-order valence-electron chi connectivity index (χ2n) is 5.47. The lowest BCUT2D eigenvalue weighted by Gasteiger charge is -2.17. The number of carbonyl (C=O) groups excluding carboxylic acids is 2. The van der Waals surface area contributed by atoms with Gasteiger partial charge in [-0.2, -0.15) is 11.8 Å². The van der Waals surface area contributed by atoms with Crippen LogP contribution in [0.1, 0.15) is 15.9 Å². The van der Waals surface area contributed by atoms with Crippen LogP contribution < -0.4 is 5.32 Å². The molecule has 4 nitrogen and oxygen atoms in total. The van der Waals surface area contributed by atoms with Gasteiger partial charge in [0.2, 0.25) is 5.91 Å². The quantitative estimate of drug-likeness (QED) is 0.777. The molecule has 2 amide bonds.